The number of aryl methyl sites for hydroxylation is 1. The summed E-state index contributed by atoms with van der Waals surface area (Å²) in [6, 6.07) is 7.89. The average Bonchev–Trinajstić information content (AvgIpc) is 2.88. The summed E-state index contributed by atoms with van der Waals surface area (Å²) in [5.74, 6) is 0.627. The Balaban J connectivity index is 2.27. The molecule has 0 aromatic carbocycles. The second kappa shape index (κ2) is 5.61. The molecule has 0 atom stereocenters. The van der Waals surface area contributed by atoms with Gasteiger partial charge in [0.2, 0.25) is 5.95 Å². The van der Waals surface area contributed by atoms with Crippen molar-refractivity contribution >= 4 is 17.3 Å². The van der Waals surface area contributed by atoms with Crippen molar-refractivity contribution in [2.24, 2.45) is 0 Å². The Morgan fingerprint density at radius 2 is 2.28 bits per heavy atom. The standard InChI is InChI=1S/C13H14N4S/c1-3-17(9-12-5-4-6-18-12)13-15-10(2)7-11(8-14)16-13/h4-7H,3,9H2,1-2H3. The summed E-state index contributed by atoms with van der Waals surface area (Å²) in [5.41, 5.74) is 1.24. The first-order valence-electron chi connectivity index (χ1n) is 5.76. The summed E-state index contributed by atoms with van der Waals surface area (Å²) in [6.45, 7) is 5.53. The Morgan fingerprint density at radius 3 is 2.89 bits per heavy atom. The molecule has 0 N–H and O–H groups in total. The SMILES string of the molecule is CCN(Cc1cccs1)c1nc(C)cc(C#N)n1. The molecule has 0 aliphatic heterocycles. The van der Waals surface area contributed by atoms with Crippen molar-refractivity contribution in [2.45, 2.75) is 20.4 Å². The molecule has 2 aromatic rings. The van der Waals surface area contributed by atoms with Crippen molar-refractivity contribution in [2.75, 3.05) is 11.4 Å². The fraction of sp³-hybridized carbons (Fsp3) is 0.308. The molecule has 18 heavy (non-hydrogen) atoms. The highest BCUT2D eigenvalue weighted by molar-refractivity contribution is 7.09. The second-order valence-corrected chi connectivity index (χ2v) is 4.93. The van der Waals surface area contributed by atoms with Crippen LogP contribution < -0.4 is 4.90 Å². The third kappa shape index (κ3) is 2.84. The van der Waals surface area contributed by atoms with Gasteiger partial charge >= 0.3 is 0 Å². The zero-order chi connectivity index (χ0) is 13.0. The summed E-state index contributed by atoms with van der Waals surface area (Å²) in [5, 5.41) is 11.0. The molecule has 2 aromatic heterocycles. The molecule has 4 nitrogen and oxygen atoms in total. The van der Waals surface area contributed by atoms with E-state index >= 15 is 0 Å². The van der Waals surface area contributed by atoms with Crippen LogP contribution in [0.3, 0.4) is 0 Å². The topological polar surface area (TPSA) is 52.8 Å². The number of thiophene rings is 1. The lowest BCUT2D eigenvalue weighted by Crippen LogP contribution is -2.24. The highest BCUT2D eigenvalue weighted by Gasteiger charge is 2.10. The zero-order valence-corrected chi connectivity index (χ0v) is 11.2. The van der Waals surface area contributed by atoms with E-state index in [9.17, 15) is 0 Å². The average molecular weight is 258 g/mol. The van der Waals surface area contributed by atoms with Crippen LogP contribution in [0, 0.1) is 18.3 Å². The van der Waals surface area contributed by atoms with Crippen LogP contribution in [0.25, 0.3) is 0 Å². The van der Waals surface area contributed by atoms with Gasteiger partial charge in [-0.1, -0.05) is 6.07 Å². The van der Waals surface area contributed by atoms with Crippen LogP contribution in [0.5, 0.6) is 0 Å². The Kier molecular flexibility index (Phi) is 3.90. The van der Waals surface area contributed by atoms with Crippen LogP contribution in [-0.4, -0.2) is 16.5 Å². The lowest BCUT2D eigenvalue weighted by molar-refractivity contribution is 0.793. The van der Waals surface area contributed by atoms with E-state index in [2.05, 4.69) is 39.3 Å². The van der Waals surface area contributed by atoms with Crippen LogP contribution in [0.1, 0.15) is 23.2 Å². The molecule has 0 spiro atoms. The molecule has 0 amide bonds. The fourth-order valence-corrected chi connectivity index (χ4v) is 2.39. The number of nitriles is 1. The molecule has 92 valence electrons. The van der Waals surface area contributed by atoms with E-state index in [1.165, 1.54) is 4.88 Å². The van der Waals surface area contributed by atoms with Gasteiger partial charge in [-0.2, -0.15) is 5.26 Å². The molecule has 0 radical (unpaired) electrons. The first-order chi connectivity index (χ1) is 8.72. The Labute approximate surface area is 111 Å². The molecule has 0 bridgehead atoms. The number of anilines is 1. The minimum Gasteiger partial charge on any atom is -0.336 e. The molecular weight excluding hydrogens is 244 g/mol. The molecule has 0 fully saturated rings. The van der Waals surface area contributed by atoms with Gasteiger partial charge in [-0.3, -0.25) is 0 Å². The second-order valence-electron chi connectivity index (χ2n) is 3.90. The number of nitrogens with zero attached hydrogens (tertiary/aromatic N) is 4. The summed E-state index contributed by atoms with van der Waals surface area (Å²) >= 11 is 1.71. The third-order valence-corrected chi connectivity index (χ3v) is 3.41. The lowest BCUT2D eigenvalue weighted by atomic mass is 10.3. The van der Waals surface area contributed by atoms with Gasteiger partial charge in [0, 0.05) is 17.1 Å². The van der Waals surface area contributed by atoms with Crippen LogP contribution in [-0.2, 0) is 6.54 Å². The maximum Gasteiger partial charge on any atom is 0.227 e. The largest absolute Gasteiger partial charge is 0.336 e. The number of rotatable bonds is 4. The first kappa shape index (κ1) is 12.5. The van der Waals surface area contributed by atoms with Gasteiger partial charge in [0.05, 0.1) is 6.54 Å². The fourth-order valence-electron chi connectivity index (χ4n) is 1.67. The minimum atomic E-state index is 0.419. The number of hydrogen-bond acceptors (Lipinski definition) is 5. The van der Waals surface area contributed by atoms with E-state index < -0.39 is 0 Å². The molecule has 0 aliphatic rings. The quantitative estimate of drug-likeness (QED) is 0.846. The van der Waals surface area contributed by atoms with E-state index in [4.69, 9.17) is 5.26 Å². The molecule has 0 unspecified atom stereocenters. The Morgan fingerprint density at radius 1 is 1.44 bits per heavy atom. The van der Waals surface area contributed by atoms with Gasteiger partial charge < -0.3 is 4.90 Å². The van der Waals surface area contributed by atoms with Crippen molar-refractivity contribution in [3.63, 3.8) is 0 Å². The van der Waals surface area contributed by atoms with E-state index in [-0.39, 0.29) is 0 Å². The Bertz CT molecular complexity index is 557. The lowest BCUT2D eigenvalue weighted by Gasteiger charge is -2.20. The van der Waals surface area contributed by atoms with Crippen LogP contribution in [0.15, 0.2) is 23.6 Å². The Hall–Kier alpha value is -1.93. The molecule has 0 saturated carbocycles. The predicted molar refractivity (Wildman–Crippen MR) is 72.5 cm³/mol. The summed E-state index contributed by atoms with van der Waals surface area (Å²) in [4.78, 5) is 12.0. The van der Waals surface area contributed by atoms with Crippen molar-refractivity contribution < 1.29 is 0 Å². The van der Waals surface area contributed by atoms with Crippen molar-refractivity contribution in [3.05, 3.63) is 39.8 Å². The van der Waals surface area contributed by atoms with E-state index in [0.29, 0.717) is 11.6 Å². The predicted octanol–water partition coefficient (Wildman–Crippen LogP) is 2.74. The summed E-state index contributed by atoms with van der Waals surface area (Å²) < 4.78 is 0. The van der Waals surface area contributed by atoms with Crippen molar-refractivity contribution in [1.29, 1.82) is 5.26 Å². The van der Waals surface area contributed by atoms with Gasteiger partial charge in [0.25, 0.3) is 0 Å². The highest BCUT2D eigenvalue weighted by atomic mass is 32.1. The van der Waals surface area contributed by atoms with Gasteiger partial charge in [-0.25, -0.2) is 9.97 Å². The van der Waals surface area contributed by atoms with Crippen LogP contribution in [0.2, 0.25) is 0 Å². The molecule has 0 saturated heterocycles. The van der Waals surface area contributed by atoms with Crippen LogP contribution >= 0.6 is 11.3 Å². The van der Waals surface area contributed by atoms with Crippen molar-refractivity contribution in [1.82, 2.24) is 9.97 Å². The third-order valence-electron chi connectivity index (χ3n) is 2.55. The highest BCUT2D eigenvalue weighted by Crippen LogP contribution is 2.16. The van der Waals surface area contributed by atoms with Crippen molar-refractivity contribution in [3.8, 4) is 6.07 Å². The number of hydrogen-bond donors (Lipinski definition) is 0. The monoisotopic (exact) mass is 258 g/mol. The maximum absolute atomic E-state index is 8.94. The molecule has 0 aliphatic carbocycles. The van der Waals surface area contributed by atoms with E-state index in [1.807, 2.05) is 13.0 Å². The molecular formula is C13H14N4S. The van der Waals surface area contributed by atoms with E-state index in [0.717, 1.165) is 18.8 Å². The minimum absolute atomic E-state index is 0.419. The molecule has 2 heterocycles. The van der Waals surface area contributed by atoms with E-state index in [1.54, 1.807) is 17.4 Å². The van der Waals surface area contributed by atoms with Gasteiger partial charge in [0.1, 0.15) is 11.8 Å². The zero-order valence-electron chi connectivity index (χ0n) is 10.4. The normalized spacial score (nSPS) is 10.1. The summed E-state index contributed by atoms with van der Waals surface area (Å²) in [6.07, 6.45) is 0. The van der Waals surface area contributed by atoms with Gasteiger partial charge in [0.15, 0.2) is 0 Å². The van der Waals surface area contributed by atoms with Gasteiger partial charge in [-0.15, -0.1) is 11.3 Å². The maximum atomic E-state index is 8.94. The first-order valence-corrected chi connectivity index (χ1v) is 6.64. The smallest absolute Gasteiger partial charge is 0.227 e. The summed E-state index contributed by atoms with van der Waals surface area (Å²) in [7, 11) is 0. The number of aromatic nitrogens is 2. The van der Waals surface area contributed by atoms with Gasteiger partial charge in [-0.05, 0) is 31.4 Å². The molecule has 2 rings (SSSR count). The molecule has 5 heteroatoms. The van der Waals surface area contributed by atoms with Crippen LogP contribution in [0.4, 0.5) is 5.95 Å².